The molecule has 0 fully saturated rings. The molecular weight excluding hydrogens is 779 g/mol. The molecule has 0 amide bonds. The molecule has 0 saturated heterocycles. The van der Waals surface area contributed by atoms with Crippen LogP contribution in [0.1, 0.15) is 22.3 Å². The van der Waals surface area contributed by atoms with Crippen molar-refractivity contribution < 1.29 is 4.74 Å². The van der Waals surface area contributed by atoms with Gasteiger partial charge in [-0.2, -0.15) is 0 Å². The van der Waals surface area contributed by atoms with Gasteiger partial charge in [-0.15, -0.1) is 0 Å². The third-order valence-corrected chi connectivity index (χ3v) is 13.1. The Labute approximate surface area is 370 Å². The van der Waals surface area contributed by atoms with Gasteiger partial charge >= 0.3 is 0 Å². The summed E-state index contributed by atoms with van der Waals surface area (Å²) in [5.74, 6) is 2.41. The lowest BCUT2D eigenvalue weighted by Crippen LogP contribution is -2.32. The molecule has 0 bridgehead atoms. The Morgan fingerprint density at radius 3 is 1.62 bits per heavy atom. The van der Waals surface area contributed by atoms with E-state index < -0.39 is 5.41 Å². The van der Waals surface area contributed by atoms with Gasteiger partial charge in [-0.3, -0.25) is 0 Å². The largest absolute Gasteiger partial charge is 0.456 e. The van der Waals surface area contributed by atoms with E-state index in [-0.39, 0.29) is 0 Å². The number of rotatable bonds is 5. The molecule has 0 radical (unpaired) electrons. The standard InChI is InChI=1S/C60H37N3O/c1-4-17-38(18-5-1)53-37-54(63-59(62-53)40-21-8-3-9-22-40)43-24-16-23-41(35-43)42-31-34-52-47(36-42)56-46(57(61-52)39-19-6-2-7-20-39)32-33-51-58(56)64-55-30-15-14-29-50(55)60(51)48-27-12-10-25-44(48)45-26-11-13-28-49(45)60/h1-37H. The van der Waals surface area contributed by atoms with Crippen molar-refractivity contribution in [2.45, 2.75) is 5.41 Å². The SMILES string of the molecule is c1ccc(-c2cc(-c3cccc(-c4ccc5nc(-c6ccccc6)c6ccc7c(c6c5c4)Oc4ccccc4C74c5ccccc5-c5ccccc54)c3)nc(-c3ccccc3)n2)cc1. The Morgan fingerprint density at radius 2 is 0.906 bits per heavy atom. The van der Waals surface area contributed by atoms with Gasteiger partial charge in [0.2, 0.25) is 0 Å². The first kappa shape index (κ1) is 36.2. The molecular formula is C60H37N3O. The summed E-state index contributed by atoms with van der Waals surface area (Å²) >= 11 is 0. The Hall–Kier alpha value is -8.47. The van der Waals surface area contributed by atoms with E-state index in [1.165, 1.54) is 22.3 Å². The van der Waals surface area contributed by atoms with Gasteiger partial charge in [-0.1, -0.05) is 194 Å². The number of hydrogen-bond donors (Lipinski definition) is 0. The predicted molar refractivity (Wildman–Crippen MR) is 259 cm³/mol. The average Bonchev–Trinajstić information content (AvgIpc) is 3.67. The molecule has 0 atom stereocenters. The Morgan fingerprint density at radius 1 is 0.344 bits per heavy atom. The molecule has 4 nitrogen and oxygen atoms in total. The number of para-hydroxylation sites is 1. The van der Waals surface area contributed by atoms with Crippen molar-refractivity contribution in [3.63, 3.8) is 0 Å². The highest BCUT2D eigenvalue weighted by molar-refractivity contribution is 6.16. The zero-order valence-electron chi connectivity index (χ0n) is 34.6. The van der Waals surface area contributed by atoms with Crippen LogP contribution in [0, 0.1) is 0 Å². The lowest BCUT2D eigenvalue weighted by molar-refractivity contribution is 0.442. The second-order valence-electron chi connectivity index (χ2n) is 16.6. The fourth-order valence-electron chi connectivity index (χ4n) is 10.3. The number of hydrogen-bond acceptors (Lipinski definition) is 4. The van der Waals surface area contributed by atoms with Crippen LogP contribution in [-0.2, 0) is 5.41 Å². The molecule has 13 rings (SSSR count). The number of nitrogens with zero attached hydrogens (tertiary/aromatic N) is 3. The van der Waals surface area contributed by atoms with Crippen LogP contribution in [0.5, 0.6) is 11.5 Å². The highest BCUT2D eigenvalue weighted by Gasteiger charge is 2.51. The number of benzene rings is 9. The van der Waals surface area contributed by atoms with Crippen molar-refractivity contribution in [2.24, 2.45) is 0 Å². The lowest BCUT2D eigenvalue weighted by atomic mass is 9.65. The summed E-state index contributed by atoms with van der Waals surface area (Å²) in [6, 6.07) is 79.4. The third-order valence-electron chi connectivity index (χ3n) is 13.1. The summed E-state index contributed by atoms with van der Waals surface area (Å²) < 4.78 is 7.28. The van der Waals surface area contributed by atoms with Gasteiger partial charge in [0.05, 0.1) is 28.0 Å². The van der Waals surface area contributed by atoms with Crippen LogP contribution in [0.3, 0.4) is 0 Å². The van der Waals surface area contributed by atoms with Gasteiger partial charge in [-0.25, -0.2) is 15.0 Å². The predicted octanol–water partition coefficient (Wildman–Crippen LogP) is 15.0. The summed E-state index contributed by atoms with van der Waals surface area (Å²) in [5, 5.41) is 3.12. The minimum atomic E-state index is -0.589. The van der Waals surface area contributed by atoms with E-state index in [1.54, 1.807) is 0 Å². The van der Waals surface area contributed by atoms with Crippen molar-refractivity contribution in [2.75, 3.05) is 0 Å². The van der Waals surface area contributed by atoms with Gasteiger partial charge in [0.15, 0.2) is 5.82 Å². The molecule has 1 aliphatic carbocycles. The topological polar surface area (TPSA) is 47.9 Å². The number of pyridine rings is 1. The van der Waals surface area contributed by atoms with E-state index in [2.05, 4.69) is 188 Å². The lowest BCUT2D eigenvalue weighted by Gasteiger charge is -2.40. The van der Waals surface area contributed by atoms with Crippen LogP contribution in [0.4, 0.5) is 0 Å². The molecule has 1 spiro atoms. The molecule has 64 heavy (non-hydrogen) atoms. The average molecular weight is 816 g/mol. The molecule has 9 aromatic carbocycles. The molecule has 2 aliphatic rings. The van der Waals surface area contributed by atoms with E-state index >= 15 is 0 Å². The maximum absolute atomic E-state index is 7.28. The van der Waals surface area contributed by atoms with Crippen LogP contribution in [0.2, 0.25) is 0 Å². The van der Waals surface area contributed by atoms with Crippen molar-refractivity contribution >= 4 is 21.7 Å². The van der Waals surface area contributed by atoms with Crippen LogP contribution < -0.4 is 4.74 Å². The van der Waals surface area contributed by atoms with Gasteiger partial charge in [0, 0.05) is 49.5 Å². The van der Waals surface area contributed by atoms with Gasteiger partial charge in [0.25, 0.3) is 0 Å². The highest BCUT2D eigenvalue weighted by atomic mass is 16.5. The van der Waals surface area contributed by atoms with Crippen molar-refractivity contribution in [3.8, 4) is 78.9 Å². The Bertz CT molecular complexity index is 3540. The highest BCUT2D eigenvalue weighted by Crippen LogP contribution is 2.63. The summed E-state index contributed by atoms with van der Waals surface area (Å²) in [6.07, 6.45) is 0. The van der Waals surface area contributed by atoms with Crippen LogP contribution >= 0.6 is 0 Å². The monoisotopic (exact) mass is 815 g/mol. The number of aromatic nitrogens is 3. The number of fused-ring (bicyclic) bond motifs is 13. The molecule has 4 heteroatoms. The van der Waals surface area contributed by atoms with E-state index in [0.29, 0.717) is 5.82 Å². The molecule has 1 aliphatic heterocycles. The van der Waals surface area contributed by atoms with Crippen LogP contribution in [0.15, 0.2) is 224 Å². The van der Waals surface area contributed by atoms with Crippen LogP contribution in [0.25, 0.3) is 89.1 Å². The second kappa shape index (κ2) is 14.3. The van der Waals surface area contributed by atoms with Crippen molar-refractivity contribution in [1.29, 1.82) is 0 Å². The number of ether oxygens (including phenoxy) is 1. The fraction of sp³-hybridized carbons (Fsp3) is 0.0167. The van der Waals surface area contributed by atoms with Gasteiger partial charge < -0.3 is 4.74 Å². The zero-order chi connectivity index (χ0) is 42.2. The fourth-order valence-corrected chi connectivity index (χ4v) is 10.3. The van der Waals surface area contributed by atoms with Crippen molar-refractivity contribution in [3.05, 3.63) is 247 Å². The Kier molecular flexibility index (Phi) is 8.09. The maximum Gasteiger partial charge on any atom is 0.160 e. The molecule has 11 aromatic rings. The summed E-state index contributed by atoms with van der Waals surface area (Å²) in [7, 11) is 0. The first-order valence-corrected chi connectivity index (χ1v) is 21.8. The molecule has 298 valence electrons. The van der Waals surface area contributed by atoms with E-state index in [4.69, 9.17) is 19.7 Å². The first-order chi connectivity index (χ1) is 31.7. The summed E-state index contributed by atoms with van der Waals surface area (Å²) in [4.78, 5) is 15.6. The second-order valence-corrected chi connectivity index (χ2v) is 16.6. The maximum atomic E-state index is 7.28. The zero-order valence-corrected chi connectivity index (χ0v) is 34.6. The molecule has 3 heterocycles. The summed E-state index contributed by atoms with van der Waals surface area (Å²) in [5.41, 5.74) is 16.5. The van der Waals surface area contributed by atoms with Crippen LogP contribution in [-0.4, -0.2) is 15.0 Å². The van der Waals surface area contributed by atoms with E-state index in [0.717, 1.165) is 94.8 Å². The third kappa shape index (κ3) is 5.46. The quantitative estimate of drug-likeness (QED) is 0.162. The molecule has 0 unspecified atom stereocenters. The minimum Gasteiger partial charge on any atom is -0.456 e. The molecule has 0 saturated carbocycles. The first-order valence-electron chi connectivity index (χ1n) is 21.8. The van der Waals surface area contributed by atoms with Gasteiger partial charge in [-0.05, 0) is 63.7 Å². The molecule has 2 aromatic heterocycles. The Balaban J connectivity index is 1.05. The smallest absolute Gasteiger partial charge is 0.160 e. The van der Waals surface area contributed by atoms with Gasteiger partial charge in [0.1, 0.15) is 11.5 Å². The van der Waals surface area contributed by atoms with Crippen molar-refractivity contribution in [1.82, 2.24) is 15.0 Å². The normalized spacial score (nSPS) is 12.9. The molecule has 0 N–H and O–H groups in total. The summed E-state index contributed by atoms with van der Waals surface area (Å²) in [6.45, 7) is 0. The van der Waals surface area contributed by atoms with E-state index in [9.17, 15) is 0 Å². The minimum absolute atomic E-state index is 0.589. The van der Waals surface area contributed by atoms with E-state index in [1.807, 2.05) is 36.4 Å².